The average Bonchev–Trinajstić information content (AvgIpc) is 2.27. The minimum Gasteiger partial charge on any atom is -0.493 e. The Balaban J connectivity index is 2.72. The smallest absolute Gasteiger partial charge is 0.125 e. The summed E-state index contributed by atoms with van der Waals surface area (Å²) in [5, 5.41) is 18.6. The molecule has 3 nitrogen and oxygen atoms in total. The van der Waals surface area contributed by atoms with Crippen molar-refractivity contribution in [2.75, 3.05) is 13.2 Å². The lowest BCUT2D eigenvalue weighted by Crippen LogP contribution is -2.03. The molecule has 15 heavy (non-hydrogen) atoms. The standard InChI is InChI=1S/C12H18O3/c1-2-15-12-8-4-3-6-10(12)11(14)7-5-9-13/h3-4,6,8,11,13-14H,2,5,7,9H2,1H3. The van der Waals surface area contributed by atoms with Crippen LogP contribution in [-0.2, 0) is 0 Å². The minimum absolute atomic E-state index is 0.105. The van der Waals surface area contributed by atoms with E-state index in [4.69, 9.17) is 9.84 Å². The maximum Gasteiger partial charge on any atom is 0.125 e. The Morgan fingerprint density at radius 1 is 1.33 bits per heavy atom. The second-order valence-corrected chi connectivity index (χ2v) is 3.35. The topological polar surface area (TPSA) is 49.7 Å². The summed E-state index contributed by atoms with van der Waals surface area (Å²) in [5.74, 6) is 0.727. The molecule has 0 aliphatic heterocycles. The van der Waals surface area contributed by atoms with E-state index in [-0.39, 0.29) is 6.61 Å². The van der Waals surface area contributed by atoms with E-state index in [1.165, 1.54) is 0 Å². The highest BCUT2D eigenvalue weighted by Gasteiger charge is 2.11. The molecule has 1 unspecified atom stereocenters. The zero-order chi connectivity index (χ0) is 11.1. The Bertz CT molecular complexity index is 286. The Labute approximate surface area is 90.3 Å². The Morgan fingerprint density at radius 2 is 2.07 bits per heavy atom. The molecular formula is C12H18O3. The van der Waals surface area contributed by atoms with Crippen molar-refractivity contribution in [1.82, 2.24) is 0 Å². The van der Waals surface area contributed by atoms with E-state index in [9.17, 15) is 5.11 Å². The highest BCUT2D eigenvalue weighted by Crippen LogP contribution is 2.27. The molecule has 1 atom stereocenters. The molecule has 3 heteroatoms. The second kappa shape index (κ2) is 6.43. The van der Waals surface area contributed by atoms with Crippen molar-refractivity contribution < 1.29 is 14.9 Å². The van der Waals surface area contributed by atoms with E-state index in [0.717, 1.165) is 11.3 Å². The van der Waals surface area contributed by atoms with Gasteiger partial charge in [0.15, 0.2) is 0 Å². The van der Waals surface area contributed by atoms with Gasteiger partial charge in [0.25, 0.3) is 0 Å². The van der Waals surface area contributed by atoms with E-state index < -0.39 is 6.10 Å². The van der Waals surface area contributed by atoms with E-state index >= 15 is 0 Å². The molecule has 0 heterocycles. The fraction of sp³-hybridized carbons (Fsp3) is 0.500. The first kappa shape index (κ1) is 12.0. The molecule has 1 aromatic rings. The number of ether oxygens (including phenoxy) is 1. The summed E-state index contributed by atoms with van der Waals surface area (Å²) < 4.78 is 5.42. The van der Waals surface area contributed by atoms with Crippen LogP contribution < -0.4 is 4.74 Å². The molecule has 0 saturated carbocycles. The van der Waals surface area contributed by atoms with E-state index in [0.29, 0.717) is 19.4 Å². The van der Waals surface area contributed by atoms with Crippen LogP contribution in [-0.4, -0.2) is 23.4 Å². The van der Waals surface area contributed by atoms with Crippen LogP contribution in [0.1, 0.15) is 31.4 Å². The molecule has 1 aromatic carbocycles. The van der Waals surface area contributed by atoms with Crippen LogP contribution in [0.15, 0.2) is 24.3 Å². The third kappa shape index (κ3) is 3.53. The Hall–Kier alpha value is -1.06. The van der Waals surface area contributed by atoms with Crippen LogP contribution in [0.2, 0.25) is 0 Å². The molecule has 0 aromatic heterocycles. The molecular weight excluding hydrogens is 192 g/mol. The Morgan fingerprint density at radius 3 is 2.73 bits per heavy atom. The van der Waals surface area contributed by atoms with Crippen molar-refractivity contribution in [2.45, 2.75) is 25.9 Å². The van der Waals surface area contributed by atoms with E-state index in [1.807, 2.05) is 31.2 Å². The van der Waals surface area contributed by atoms with Crippen LogP contribution in [0.25, 0.3) is 0 Å². The van der Waals surface area contributed by atoms with Crippen LogP contribution in [0.3, 0.4) is 0 Å². The molecule has 1 rings (SSSR count). The summed E-state index contributed by atoms with van der Waals surface area (Å²) in [7, 11) is 0. The summed E-state index contributed by atoms with van der Waals surface area (Å²) in [5.41, 5.74) is 0.799. The first-order valence-corrected chi connectivity index (χ1v) is 5.30. The van der Waals surface area contributed by atoms with Crippen LogP contribution >= 0.6 is 0 Å². The molecule has 0 fully saturated rings. The van der Waals surface area contributed by atoms with Crippen LogP contribution in [0, 0.1) is 0 Å². The Kier molecular flexibility index (Phi) is 5.15. The maximum atomic E-state index is 9.87. The molecule has 0 spiro atoms. The number of aliphatic hydroxyl groups excluding tert-OH is 2. The maximum absolute atomic E-state index is 9.87. The van der Waals surface area contributed by atoms with Crippen LogP contribution in [0.4, 0.5) is 0 Å². The SMILES string of the molecule is CCOc1ccccc1C(O)CCCO. The normalized spacial score (nSPS) is 12.5. The summed E-state index contributed by atoms with van der Waals surface area (Å²) in [6.07, 6.45) is 0.599. The van der Waals surface area contributed by atoms with Gasteiger partial charge in [-0.2, -0.15) is 0 Å². The molecule has 0 radical (unpaired) electrons. The predicted molar refractivity (Wildman–Crippen MR) is 58.9 cm³/mol. The van der Waals surface area contributed by atoms with Gasteiger partial charge >= 0.3 is 0 Å². The fourth-order valence-corrected chi connectivity index (χ4v) is 1.48. The lowest BCUT2D eigenvalue weighted by Gasteiger charge is -2.14. The minimum atomic E-state index is -0.556. The molecule has 0 amide bonds. The van der Waals surface area contributed by atoms with Gasteiger partial charge in [0.2, 0.25) is 0 Å². The van der Waals surface area contributed by atoms with Gasteiger partial charge in [0, 0.05) is 12.2 Å². The summed E-state index contributed by atoms with van der Waals surface area (Å²) >= 11 is 0. The molecule has 2 N–H and O–H groups in total. The predicted octanol–water partition coefficient (Wildman–Crippen LogP) is 1.89. The monoisotopic (exact) mass is 210 g/mol. The van der Waals surface area contributed by atoms with Gasteiger partial charge in [0.1, 0.15) is 5.75 Å². The second-order valence-electron chi connectivity index (χ2n) is 3.35. The summed E-state index contributed by atoms with van der Waals surface area (Å²) in [4.78, 5) is 0. The first-order chi connectivity index (χ1) is 7.29. The number of benzene rings is 1. The average molecular weight is 210 g/mol. The van der Waals surface area contributed by atoms with Gasteiger partial charge in [0.05, 0.1) is 12.7 Å². The number of hydrogen-bond donors (Lipinski definition) is 2. The van der Waals surface area contributed by atoms with Crippen molar-refractivity contribution in [3.05, 3.63) is 29.8 Å². The number of rotatable bonds is 6. The van der Waals surface area contributed by atoms with Gasteiger partial charge in [-0.3, -0.25) is 0 Å². The molecule has 0 bridgehead atoms. The fourth-order valence-electron chi connectivity index (χ4n) is 1.48. The van der Waals surface area contributed by atoms with Crippen molar-refractivity contribution in [3.63, 3.8) is 0 Å². The van der Waals surface area contributed by atoms with Crippen molar-refractivity contribution >= 4 is 0 Å². The van der Waals surface area contributed by atoms with E-state index in [2.05, 4.69) is 0 Å². The number of hydrogen-bond acceptors (Lipinski definition) is 3. The number of para-hydroxylation sites is 1. The van der Waals surface area contributed by atoms with Gasteiger partial charge < -0.3 is 14.9 Å². The largest absolute Gasteiger partial charge is 0.493 e. The third-order valence-electron chi connectivity index (χ3n) is 2.21. The lowest BCUT2D eigenvalue weighted by atomic mass is 10.0. The van der Waals surface area contributed by atoms with Gasteiger partial charge in [-0.15, -0.1) is 0 Å². The van der Waals surface area contributed by atoms with Crippen molar-refractivity contribution in [3.8, 4) is 5.75 Å². The number of aliphatic hydroxyl groups is 2. The van der Waals surface area contributed by atoms with Gasteiger partial charge in [-0.05, 0) is 25.8 Å². The summed E-state index contributed by atoms with van der Waals surface area (Å²) in [6.45, 7) is 2.61. The van der Waals surface area contributed by atoms with Crippen LogP contribution in [0.5, 0.6) is 5.75 Å². The molecule has 84 valence electrons. The zero-order valence-corrected chi connectivity index (χ0v) is 9.02. The van der Waals surface area contributed by atoms with Crippen molar-refractivity contribution in [2.24, 2.45) is 0 Å². The van der Waals surface area contributed by atoms with Gasteiger partial charge in [-0.25, -0.2) is 0 Å². The highest BCUT2D eigenvalue weighted by molar-refractivity contribution is 5.34. The quantitative estimate of drug-likeness (QED) is 0.753. The van der Waals surface area contributed by atoms with E-state index in [1.54, 1.807) is 0 Å². The molecule has 0 saturated heterocycles. The lowest BCUT2D eigenvalue weighted by molar-refractivity contribution is 0.147. The van der Waals surface area contributed by atoms with Crippen molar-refractivity contribution in [1.29, 1.82) is 0 Å². The highest BCUT2D eigenvalue weighted by atomic mass is 16.5. The summed E-state index contributed by atoms with van der Waals surface area (Å²) in [6, 6.07) is 7.46. The third-order valence-corrected chi connectivity index (χ3v) is 2.21. The van der Waals surface area contributed by atoms with Gasteiger partial charge in [-0.1, -0.05) is 18.2 Å². The first-order valence-electron chi connectivity index (χ1n) is 5.30. The zero-order valence-electron chi connectivity index (χ0n) is 9.02. The molecule has 0 aliphatic carbocycles. The molecule has 0 aliphatic rings.